The van der Waals surface area contributed by atoms with E-state index < -0.39 is 0 Å². The van der Waals surface area contributed by atoms with Crippen LogP contribution in [0, 0.1) is 0 Å². The van der Waals surface area contributed by atoms with Crippen LogP contribution in [0.1, 0.15) is 29.7 Å². The van der Waals surface area contributed by atoms with E-state index in [-0.39, 0.29) is 11.3 Å². The molecule has 0 heterocycles. The van der Waals surface area contributed by atoms with Crippen LogP contribution in [0.25, 0.3) is 0 Å². The quantitative estimate of drug-likeness (QED) is 0.679. The highest BCUT2D eigenvalue weighted by Crippen LogP contribution is 2.38. The minimum Gasteiger partial charge on any atom is -0.326 e. The summed E-state index contributed by atoms with van der Waals surface area (Å²) >= 11 is 11.5. The Morgan fingerprint density at radius 3 is 2.43 bits per heavy atom. The van der Waals surface area contributed by atoms with Crippen molar-refractivity contribution in [3.63, 3.8) is 0 Å². The SMILES string of the molecule is CCC(N)C(SCc1ccc(Cl)cc1)c1ccccc1Br. The first-order valence-corrected chi connectivity index (χ1v) is 9.20. The van der Waals surface area contributed by atoms with Gasteiger partial charge in [0.1, 0.15) is 0 Å². The fourth-order valence-electron chi connectivity index (χ4n) is 2.13. The molecule has 21 heavy (non-hydrogen) atoms. The predicted molar refractivity (Wildman–Crippen MR) is 97.9 cm³/mol. The second-order valence-electron chi connectivity index (χ2n) is 4.95. The van der Waals surface area contributed by atoms with Crippen molar-refractivity contribution >= 4 is 39.3 Å². The van der Waals surface area contributed by atoms with Crippen LogP contribution < -0.4 is 5.73 Å². The first kappa shape index (κ1) is 16.9. The number of halogens is 2. The lowest BCUT2D eigenvalue weighted by Crippen LogP contribution is -2.26. The molecule has 0 spiro atoms. The maximum absolute atomic E-state index is 6.34. The van der Waals surface area contributed by atoms with Gasteiger partial charge in [0, 0.05) is 26.5 Å². The standard InChI is InChI=1S/C17H19BrClNS/c1-2-16(20)17(14-5-3-4-6-15(14)18)21-11-12-7-9-13(19)10-8-12/h3-10,16-17H,2,11,20H2,1H3. The minimum absolute atomic E-state index is 0.140. The molecule has 0 saturated heterocycles. The van der Waals surface area contributed by atoms with E-state index in [2.05, 4.69) is 53.2 Å². The molecular formula is C17H19BrClNS. The molecule has 0 saturated carbocycles. The van der Waals surface area contributed by atoms with Gasteiger partial charge in [-0.25, -0.2) is 0 Å². The van der Waals surface area contributed by atoms with E-state index in [0.29, 0.717) is 0 Å². The highest BCUT2D eigenvalue weighted by Gasteiger charge is 2.21. The summed E-state index contributed by atoms with van der Waals surface area (Å²) in [5.41, 5.74) is 8.88. The molecule has 2 aromatic carbocycles. The van der Waals surface area contributed by atoms with Gasteiger partial charge in [0.15, 0.2) is 0 Å². The molecule has 0 radical (unpaired) electrons. The van der Waals surface area contributed by atoms with E-state index in [1.807, 2.05) is 30.0 Å². The van der Waals surface area contributed by atoms with Crippen LogP contribution in [-0.2, 0) is 5.75 Å². The van der Waals surface area contributed by atoms with Crippen molar-refractivity contribution in [1.82, 2.24) is 0 Å². The lowest BCUT2D eigenvalue weighted by atomic mass is 10.0. The van der Waals surface area contributed by atoms with Gasteiger partial charge in [0.25, 0.3) is 0 Å². The first-order valence-electron chi connectivity index (χ1n) is 6.98. The average Bonchev–Trinajstić information content (AvgIpc) is 2.50. The van der Waals surface area contributed by atoms with Crippen LogP contribution >= 0.6 is 39.3 Å². The van der Waals surface area contributed by atoms with Crippen molar-refractivity contribution in [1.29, 1.82) is 0 Å². The zero-order valence-electron chi connectivity index (χ0n) is 11.9. The van der Waals surface area contributed by atoms with E-state index in [4.69, 9.17) is 17.3 Å². The highest BCUT2D eigenvalue weighted by atomic mass is 79.9. The molecule has 0 aliphatic rings. The Morgan fingerprint density at radius 1 is 1.14 bits per heavy atom. The molecule has 4 heteroatoms. The molecule has 112 valence electrons. The van der Waals surface area contributed by atoms with Crippen molar-refractivity contribution in [2.45, 2.75) is 30.4 Å². The molecule has 2 unspecified atom stereocenters. The summed E-state index contributed by atoms with van der Waals surface area (Å²) in [5.74, 6) is 0.927. The molecule has 0 aromatic heterocycles. The third-order valence-electron chi connectivity index (χ3n) is 3.41. The Bertz CT molecular complexity index is 573. The molecule has 2 atom stereocenters. The smallest absolute Gasteiger partial charge is 0.0462 e. The summed E-state index contributed by atoms with van der Waals surface area (Å²) < 4.78 is 1.13. The van der Waals surface area contributed by atoms with Gasteiger partial charge in [-0.3, -0.25) is 0 Å². The summed E-state index contributed by atoms with van der Waals surface area (Å²) in [6.07, 6.45) is 0.958. The van der Waals surface area contributed by atoms with Gasteiger partial charge in [-0.1, -0.05) is 64.8 Å². The fraction of sp³-hybridized carbons (Fsp3) is 0.294. The number of benzene rings is 2. The van der Waals surface area contributed by atoms with Crippen LogP contribution in [0.4, 0.5) is 0 Å². The number of hydrogen-bond acceptors (Lipinski definition) is 2. The lowest BCUT2D eigenvalue weighted by Gasteiger charge is -2.24. The summed E-state index contributed by atoms with van der Waals surface area (Å²) in [6.45, 7) is 2.14. The molecule has 2 N–H and O–H groups in total. The normalized spacial score (nSPS) is 13.9. The molecule has 2 rings (SSSR count). The Hall–Kier alpha value is -0.480. The third kappa shape index (κ3) is 4.75. The van der Waals surface area contributed by atoms with Crippen molar-refractivity contribution < 1.29 is 0 Å². The predicted octanol–water partition coefficient (Wildman–Crippen LogP) is 5.81. The minimum atomic E-state index is 0.140. The van der Waals surface area contributed by atoms with Gasteiger partial charge < -0.3 is 5.73 Å². The first-order chi connectivity index (χ1) is 10.1. The molecule has 0 aliphatic heterocycles. The lowest BCUT2D eigenvalue weighted by molar-refractivity contribution is 0.632. The van der Waals surface area contributed by atoms with Crippen molar-refractivity contribution in [2.75, 3.05) is 0 Å². The van der Waals surface area contributed by atoms with Crippen LogP contribution in [0.5, 0.6) is 0 Å². The van der Waals surface area contributed by atoms with E-state index >= 15 is 0 Å². The molecule has 0 fully saturated rings. The van der Waals surface area contributed by atoms with E-state index in [0.717, 1.165) is 21.7 Å². The Labute approximate surface area is 144 Å². The number of rotatable bonds is 6. The van der Waals surface area contributed by atoms with E-state index in [9.17, 15) is 0 Å². The second-order valence-corrected chi connectivity index (χ2v) is 7.37. The average molecular weight is 385 g/mol. The Balaban J connectivity index is 2.14. The fourth-order valence-corrected chi connectivity index (χ4v) is 4.33. The topological polar surface area (TPSA) is 26.0 Å². The van der Waals surface area contributed by atoms with Gasteiger partial charge in [-0.05, 0) is 35.7 Å². The van der Waals surface area contributed by atoms with Crippen molar-refractivity contribution in [3.05, 3.63) is 69.2 Å². The summed E-state index contributed by atoms with van der Waals surface area (Å²) in [7, 11) is 0. The van der Waals surface area contributed by atoms with Crippen LogP contribution in [0.3, 0.4) is 0 Å². The van der Waals surface area contributed by atoms with Gasteiger partial charge in [0.05, 0.1) is 0 Å². The maximum atomic E-state index is 6.34. The Morgan fingerprint density at radius 2 is 1.81 bits per heavy atom. The maximum Gasteiger partial charge on any atom is 0.0462 e. The van der Waals surface area contributed by atoms with Crippen molar-refractivity contribution in [2.24, 2.45) is 5.73 Å². The Kier molecular flexibility index (Phi) is 6.62. The monoisotopic (exact) mass is 383 g/mol. The third-order valence-corrected chi connectivity index (χ3v) is 5.85. The van der Waals surface area contributed by atoms with E-state index in [1.54, 1.807) is 0 Å². The van der Waals surface area contributed by atoms with Crippen molar-refractivity contribution in [3.8, 4) is 0 Å². The van der Waals surface area contributed by atoms with Gasteiger partial charge in [-0.15, -0.1) is 11.8 Å². The largest absolute Gasteiger partial charge is 0.326 e. The summed E-state index contributed by atoms with van der Waals surface area (Å²) in [4.78, 5) is 0. The second kappa shape index (κ2) is 8.23. The zero-order chi connectivity index (χ0) is 15.2. The highest BCUT2D eigenvalue weighted by molar-refractivity contribution is 9.10. The molecule has 0 amide bonds. The van der Waals surface area contributed by atoms with Crippen LogP contribution in [-0.4, -0.2) is 6.04 Å². The summed E-state index contributed by atoms with van der Waals surface area (Å²) in [6, 6.07) is 16.5. The molecule has 0 bridgehead atoms. The number of thioether (sulfide) groups is 1. The van der Waals surface area contributed by atoms with Crippen LogP contribution in [0.15, 0.2) is 53.0 Å². The zero-order valence-corrected chi connectivity index (χ0v) is 15.1. The molecule has 1 nitrogen and oxygen atoms in total. The van der Waals surface area contributed by atoms with Crippen LogP contribution in [0.2, 0.25) is 5.02 Å². The summed E-state index contributed by atoms with van der Waals surface area (Å²) in [5, 5.41) is 1.05. The van der Waals surface area contributed by atoms with Gasteiger partial charge >= 0.3 is 0 Å². The van der Waals surface area contributed by atoms with Gasteiger partial charge in [0.2, 0.25) is 0 Å². The number of nitrogens with two attached hydrogens (primary N) is 1. The molecule has 0 aliphatic carbocycles. The van der Waals surface area contributed by atoms with E-state index in [1.165, 1.54) is 11.1 Å². The van der Waals surface area contributed by atoms with Gasteiger partial charge in [-0.2, -0.15) is 0 Å². The number of hydrogen-bond donors (Lipinski definition) is 1. The molecule has 2 aromatic rings. The molecular weight excluding hydrogens is 366 g/mol.